The molecule has 0 radical (unpaired) electrons. The fraction of sp³-hybridized carbons (Fsp3) is 0.0714. The van der Waals surface area contributed by atoms with Crippen molar-refractivity contribution in [3.05, 3.63) is 45.7 Å². The molecule has 3 rings (SSSR count). The van der Waals surface area contributed by atoms with Crippen LogP contribution in [0, 0.1) is 6.92 Å². The van der Waals surface area contributed by atoms with E-state index in [2.05, 4.69) is 57.3 Å². The first-order valence-electron chi connectivity index (χ1n) is 5.81. The van der Waals surface area contributed by atoms with Gasteiger partial charge in [-0.05, 0) is 30.0 Å². The molecule has 0 aliphatic carbocycles. The molecule has 0 saturated carbocycles. The van der Waals surface area contributed by atoms with Crippen LogP contribution in [0.1, 0.15) is 5.56 Å². The second-order valence-electron chi connectivity index (χ2n) is 4.32. The summed E-state index contributed by atoms with van der Waals surface area (Å²) in [5, 5.41) is 9.23. The maximum absolute atomic E-state index is 6.00. The molecule has 0 amide bonds. The summed E-state index contributed by atoms with van der Waals surface area (Å²) in [7, 11) is 0. The number of nitrogens with zero attached hydrogens (tertiary/aromatic N) is 1. The lowest BCUT2D eigenvalue weighted by Gasteiger charge is -2.06. The van der Waals surface area contributed by atoms with Crippen molar-refractivity contribution in [1.29, 1.82) is 0 Å². The third kappa shape index (κ3) is 2.19. The van der Waals surface area contributed by atoms with Crippen LogP contribution in [-0.4, -0.2) is 10.2 Å². The van der Waals surface area contributed by atoms with Gasteiger partial charge in [-0.25, -0.2) is 0 Å². The first-order chi connectivity index (χ1) is 9.16. The van der Waals surface area contributed by atoms with Crippen molar-refractivity contribution in [2.75, 3.05) is 5.73 Å². The number of nitrogens with two attached hydrogens (primary N) is 1. The fourth-order valence-corrected chi connectivity index (χ4v) is 3.52. The number of thiophene rings is 1. The van der Waals surface area contributed by atoms with E-state index in [1.54, 1.807) is 11.3 Å². The van der Waals surface area contributed by atoms with Gasteiger partial charge in [-0.3, -0.25) is 5.10 Å². The Hall–Kier alpha value is -1.59. The van der Waals surface area contributed by atoms with Gasteiger partial charge < -0.3 is 5.73 Å². The lowest BCUT2D eigenvalue weighted by atomic mass is 10.0. The molecule has 0 aliphatic heterocycles. The molecule has 3 N–H and O–H groups in total. The molecule has 2 aromatic heterocycles. The largest absolute Gasteiger partial charge is 0.382 e. The van der Waals surface area contributed by atoms with Gasteiger partial charge in [0.2, 0.25) is 0 Å². The zero-order valence-corrected chi connectivity index (χ0v) is 12.7. The average Bonchev–Trinajstić information content (AvgIpc) is 2.98. The first-order valence-corrected chi connectivity index (χ1v) is 7.48. The Morgan fingerprint density at radius 2 is 2.16 bits per heavy atom. The van der Waals surface area contributed by atoms with Crippen LogP contribution in [0.5, 0.6) is 0 Å². The molecule has 0 saturated heterocycles. The minimum Gasteiger partial charge on any atom is -0.382 e. The van der Waals surface area contributed by atoms with E-state index in [1.807, 2.05) is 11.4 Å². The molecule has 3 aromatic rings. The summed E-state index contributed by atoms with van der Waals surface area (Å²) in [4.78, 5) is 1.12. The van der Waals surface area contributed by atoms with E-state index >= 15 is 0 Å². The molecule has 5 heteroatoms. The van der Waals surface area contributed by atoms with Crippen molar-refractivity contribution >= 4 is 33.1 Å². The molecule has 0 spiro atoms. The highest BCUT2D eigenvalue weighted by Crippen LogP contribution is 2.39. The molecular weight excluding hydrogens is 322 g/mol. The summed E-state index contributed by atoms with van der Waals surface area (Å²) in [6, 6.07) is 10.3. The molecule has 2 heterocycles. The van der Waals surface area contributed by atoms with Crippen molar-refractivity contribution in [3.8, 4) is 21.7 Å². The van der Waals surface area contributed by atoms with E-state index in [-0.39, 0.29) is 0 Å². The van der Waals surface area contributed by atoms with E-state index in [9.17, 15) is 0 Å². The highest BCUT2D eigenvalue weighted by Gasteiger charge is 2.17. The van der Waals surface area contributed by atoms with Gasteiger partial charge in [-0.15, -0.1) is 11.3 Å². The first kappa shape index (κ1) is 12.4. The average molecular weight is 334 g/mol. The van der Waals surface area contributed by atoms with Gasteiger partial charge >= 0.3 is 0 Å². The number of halogens is 1. The Bertz CT molecular complexity index is 716. The summed E-state index contributed by atoms with van der Waals surface area (Å²) < 4.78 is 1.04. The Balaban J connectivity index is 2.21. The topological polar surface area (TPSA) is 54.7 Å². The van der Waals surface area contributed by atoms with Gasteiger partial charge in [-0.2, -0.15) is 5.10 Å². The Labute approximate surface area is 123 Å². The number of H-pyrrole nitrogens is 1. The predicted molar refractivity (Wildman–Crippen MR) is 84.2 cm³/mol. The molecule has 0 fully saturated rings. The summed E-state index contributed by atoms with van der Waals surface area (Å²) in [6.07, 6.45) is 0. The standard InChI is InChI=1S/C14H12BrN3S/c1-8-4-5-9(10(15)7-8)13-12(14(16)18-17-13)11-3-2-6-19-11/h2-7H,1H3,(H3,16,17,18). The van der Waals surface area contributed by atoms with Crippen LogP contribution in [0.15, 0.2) is 40.2 Å². The second kappa shape index (κ2) is 4.83. The smallest absolute Gasteiger partial charge is 0.154 e. The quantitative estimate of drug-likeness (QED) is 0.727. The van der Waals surface area contributed by atoms with Gasteiger partial charge in [0, 0.05) is 14.9 Å². The number of rotatable bonds is 2. The van der Waals surface area contributed by atoms with E-state index < -0.39 is 0 Å². The molecule has 0 atom stereocenters. The number of benzene rings is 1. The normalized spacial score (nSPS) is 10.8. The predicted octanol–water partition coefficient (Wildman–Crippen LogP) is 4.46. The van der Waals surface area contributed by atoms with Crippen LogP contribution >= 0.6 is 27.3 Å². The number of anilines is 1. The van der Waals surface area contributed by atoms with Crippen LogP contribution in [-0.2, 0) is 0 Å². The van der Waals surface area contributed by atoms with Crippen molar-refractivity contribution < 1.29 is 0 Å². The number of hydrogen-bond donors (Lipinski definition) is 2. The van der Waals surface area contributed by atoms with Crippen molar-refractivity contribution in [2.24, 2.45) is 0 Å². The van der Waals surface area contributed by atoms with Crippen LogP contribution < -0.4 is 5.73 Å². The number of aromatic nitrogens is 2. The minimum absolute atomic E-state index is 0.532. The third-order valence-corrected chi connectivity index (χ3v) is 4.50. The lowest BCUT2D eigenvalue weighted by Crippen LogP contribution is -1.87. The minimum atomic E-state index is 0.532. The monoisotopic (exact) mass is 333 g/mol. The van der Waals surface area contributed by atoms with Crippen molar-refractivity contribution in [1.82, 2.24) is 10.2 Å². The number of aromatic amines is 1. The zero-order valence-electron chi connectivity index (χ0n) is 10.3. The summed E-state index contributed by atoms with van der Waals surface area (Å²) in [6.45, 7) is 2.07. The van der Waals surface area contributed by atoms with Crippen molar-refractivity contribution in [3.63, 3.8) is 0 Å². The van der Waals surface area contributed by atoms with Gasteiger partial charge in [0.25, 0.3) is 0 Å². The van der Waals surface area contributed by atoms with Crippen LogP contribution in [0.3, 0.4) is 0 Å². The highest BCUT2D eigenvalue weighted by molar-refractivity contribution is 9.10. The number of nitrogen functional groups attached to an aromatic ring is 1. The van der Waals surface area contributed by atoms with Gasteiger partial charge in [0.15, 0.2) is 5.82 Å². The molecule has 96 valence electrons. The van der Waals surface area contributed by atoms with E-state index in [1.165, 1.54) is 5.56 Å². The molecule has 0 unspecified atom stereocenters. The Kier molecular flexibility index (Phi) is 3.16. The van der Waals surface area contributed by atoms with Gasteiger partial charge in [-0.1, -0.05) is 34.1 Å². The molecule has 1 aromatic carbocycles. The molecule has 19 heavy (non-hydrogen) atoms. The zero-order chi connectivity index (χ0) is 13.4. The number of hydrogen-bond acceptors (Lipinski definition) is 3. The third-order valence-electron chi connectivity index (χ3n) is 2.96. The molecule has 0 bridgehead atoms. The molecule has 3 nitrogen and oxygen atoms in total. The Morgan fingerprint density at radius 3 is 2.84 bits per heavy atom. The fourth-order valence-electron chi connectivity index (χ4n) is 2.04. The summed E-state index contributed by atoms with van der Waals surface area (Å²) >= 11 is 5.26. The van der Waals surface area contributed by atoms with Crippen molar-refractivity contribution in [2.45, 2.75) is 6.92 Å². The Morgan fingerprint density at radius 1 is 1.32 bits per heavy atom. The van der Waals surface area contributed by atoms with E-state index in [4.69, 9.17) is 5.73 Å². The summed E-state index contributed by atoms with van der Waals surface area (Å²) in [5.74, 6) is 0.532. The maximum Gasteiger partial charge on any atom is 0.154 e. The van der Waals surface area contributed by atoms with E-state index in [0.717, 1.165) is 26.2 Å². The second-order valence-corrected chi connectivity index (χ2v) is 6.12. The molecule has 0 aliphatic rings. The maximum atomic E-state index is 6.00. The lowest BCUT2D eigenvalue weighted by molar-refractivity contribution is 1.10. The SMILES string of the molecule is Cc1ccc(-c2[nH]nc(N)c2-c2cccs2)c(Br)c1. The van der Waals surface area contributed by atoms with Crippen LogP contribution in [0.4, 0.5) is 5.82 Å². The van der Waals surface area contributed by atoms with Crippen LogP contribution in [0.25, 0.3) is 21.7 Å². The number of nitrogens with one attached hydrogen (secondary N) is 1. The van der Waals surface area contributed by atoms with Crippen LogP contribution in [0.2, 0.25) is 0 Å². The highest BCUT2D eigenvalue weighted by atomic mass is 79.9. The number of aryl methyl sites for hydroxylation is 1. The van der Waals surface area contributed by atoms with Gasteiger partial charge in [0.05, 0.1) is 11.3 Å². The summed E-state index contributed by atoms with van der Waals surface area (Å²) in [5.41, 5.74) is 10.2. The van der Waals surface area contributed by atoms with Gasteiger partial charge in [0.1, 0.15) is 0 Å². The van der Waals surface area contributed by atoms with E-state index in [0.29, 0.717) is 5.82 Å². The molecular formula is C14H12BrN3S.